The summed E-state index contributed by atoms with van der Waals surface area (Å²) in [5.74, 6) is -1.00. The van der Waals surface area contributed by atoms with Crippen LogP contribution in [0.3, 0.4) is 0 Å². The van der Waals surface area contributed by atoms with Crippen molar-refractivity contribution in [3.8, 4) is 0 Å². The maximum atomic E-state index is 11.8. The minimum absolute atomic E-state index is 0.171. The van der Waals surface area contributed by atoms with Crippen LogP contribution in [0.25, 0.3) is 0 Å². The molecule has 0 aliphatic rings. The molecule has 0 aliphatic heterocycles. The zero-order valence-electron chi connectivity index (χ0n) is 11.2. The Morgan fingerprint density at radius 2 is 1.57 bits per heavy atom. The zero-order valence-corrected chi connectivity index (χ0v) is 12.8. The van der Waals surface area contributed by atoms with E-state index in [4.69, 9.17) is 5.11 Å². The molecule has 0 atom stereocenters. The van der Waals surface area contributed by atoms with Gasteiger partial charge in [0.1, 0.15) is 0 Å². The predicted molar refractivity (Wildman–Crippen MR) is 84.9 cm³/mol. The second kappa shape index (κ2) is 6.41. The van der Waals surface area contributed by atoms with Crippen LogP contribution in [-0.2, 0) is 0 Å². The van der Waals surface area contributed by atoms with E-state index in [-0.39, 0.29) is 11.6 Å². The van der Waals surface area contributed by atoms with Gasteiger partial charge in [-0.3, -0.25) is 0 Å². The summed E-state index contributed by atoms with van der Waals surface area (Å²) in [6.45, 7) is 1.93. The van der Waals surface area contributed by atoms with Gasteiger partial charge in [-0.25, -0.2) is 9.59 Å². The molecule has 3 N–H and O–H groups in total. The van der Waals surface area contributed by atoms with Gasteiger partial charge in [0.05, 0.1) is 5.56 Å². The first-order valence-corrected chi connectivity index (χ1v) is 6.92. The molecule has 0 heterocycles. The van der Waals surface area contributed by atoms with Gasteiger partial charge in [-0.1, -0.05) is 15.9 Å². The molecule has 0 saturated carbocycles. The van der Waals surface area contributed by atoms with E-state index in [2.05, 4.69) is 26.6 Å². The fourth-order valence-electron chi connectivity index (χ4n) is 1.71. The number of carbonyl (C=O) groups is 2. The fourth-order valence-corrected chi connectivity index (χ4v) is 1.96. The Labute approximate surface area is 130 Å². The average molecular weight is 349 g/mol. The number of rotatable bonds is 3. The Morgan fingerprint density at radius 3 is 2.14 bits per heavy atom. The van der Waals surface area contributed by atoms with Gasteiger partial charge in [0.25, 0.3) is 0 Å². The summed E-state index contributed by atoms with van der Waals surface area (Å²) in [4.78, 5) is 22.6. The molecule has 2 aromatic carbocycles. The van der Waals surface area contributed by atoms with Gasteiger partial charge in [0, 0.05) is 15.8 Å². The molecular formula is C15H13BrN2O3. The highest BCUT2D eigenvalue weighted by Gasteiger charge is 2.06. The van der Waals surface area contributed by atoms with Crippen molar-refractivity contribution in [2.45, 2.75) is 6.92 Å². The first kappa shape index (κ1) is 15.1. The third-order valence-electron chi connectivity index (χ3n) is 2.81. The Morgan fingerprint density at radius 1 is 1.00 bits per heavy atom. The van der Waals surface area contributed by atoms with Crippen LogP contribution in [0, 0.1) is 6.92 Å². The molecule has 6 heteroatoms. The molecular weight excluding hydrogens is 336 g/mol. The number of urea groups is 1. The van der Waals surface area contributed by atoms with Crippen LogP contribution < -0.4 is 10.6 Å². The predicted octanol–water partition coefficient (Wildman–Crippen LogP) is 4.10. The summed E-state index contributed by atoms with van der Waals surface area (Å²) < 4.78 is 0.970. The number of benzene rings is 2. The van der Waals surface area contributed by atoms with Crippen LogP contribution in [0.5, 0.6) is 0 Å². The number of carboxylic acids is 1. The van der Waals surface area contributed by atoms with Gasteiger partial charge in [0.15, 0.2) is 0 Å². The van der Waals surface area contributed by atoms with Crippen LogP contribution in [0.1, 0.15) is 15.9 Å². The lowest BCUT2D eigenvalue weighted by atomic mass is 10.2. The highest BCUT2D eigenvalue weighted by atomic mass is 79.9. The molecule has 2 rings (SSSR count). The number of carbonyl (C=O) groups excluding carboxylic acids is 1. The molecule has 2 amide bonds. The van der Waals surface area contributed by atoms with Crippen molar-refractivity contribution in [2.24, 2.45) is 0 Å². The van der Waals surface area contributed by atoms with Gasteiger partial charge in [-0.2, -0.15) is 0 Å². The molecule has 0 aromatic heterocycles. The molecule has 0 radical (unpaired) electrons. The van der Waals surface area contributed by atoms with Crippen LogP contribution in [-0.4, -0.2) is 17.1 Å². The average Bonchev–Trinajstić information content (AvgIpc) is 2.43. The maximum absolute atomic E-state index is 11.8. The largest absolute Gasteiger partial charge is 0.478 e. The summed E-state index contributed by atoms with van der Waals surface area (Å²) in [7, 11) is 0. The number of halogens is 1. The van der Waals surface area contributed by atoms with E-state index in [1.54, 1.807) is 6.07 Å². The maximum Gasteiger partial charge on any atom is 0.335 e. The standard InChI is InChI=1S/C15H13BrN2O3/c1-9-8-12(6-7-13(9)16)18-15(21)17-11-4-2-10(3-5-11)14(19)20/h2-8H,1H3,(H,19,20)(H2,17,18,21). The zero-order chi connectivity index (χ0) is 15.4. The third kappa shape index (κ3) is 4.06. The summed E-state index contributed by atoms with van der Waals surface area (Å²) in [6, 6.07) is 11.0. The van der Waals surface area contributed by atoms with Crippen molar-refractivity contribution in [1.82, 2.24) is 0 Å². The lowest BCUT2D eigenvalue weighted by molar-refractivity contribution is 0.0697. The van der Waals surface area contributed by atoms with E-state index in [1.165, 1.54) is 24.3 Å². The van der Waals surface area contributed by atoms with E-state index >= 15 is 0 Å². The molecule has 21 heavy (non-hydrogen) atoms. The van der Waals surface area contributed by atoms with Crippen molar-refractivity contribution in [2.75, 3.05) is 10.6 Å². The molecule has 2 aromatic rings. The van der Waals surface area contributed by atoms with E-state index < -0.39 is 5.97 Å². The molecule has 0 fully saturated rings. The molecule has 0 aliphatic carbocycles. The molecule has 5 nitrogen and oxygen atoms in total. The van der Waals surface area contributed by atoms with E-state index in [0.717, 1.165) is 10.0 Å². The SMILES string of the molecule is Cc1cc(NC(=O)Nc2ccc(C(=O)O)cc2)ccc1Br. The summed E-state index contributed by atoms with van der Waals surface area (Å²) in [5.41, 5.74) is 2.38. The first-order valence-electron chi connectivity index (χ1n) is 6.13. The fraction of sp³-hybridized carbons (Fsp3) is 0.0667. The lowest BCUT2D eigenvalue weighted by Crippen LogP contribution is -2.19. The number of hydrogen-bond acceptors (Lipinski definition) is 2. The topological polar surface area (TPSA) is 78.4 Å². The van der Waals surface area contributed by atoms with Gasteiger partial charge in [-0.15, -0.1) is 0 Å². The lowest BCUT2D eigenvalue weighted by Gasteiger charge is -2.09. The van der Waals surface area contributed by atoms with E-state index in [9.17, 15) is 9.59 Å². The quantitative estimate of drug-likeness (QED) is 0.781. The van der Waals surface area contributed by atoms with Crippen LogP contribution in [0.2, 0.25) is 0 Å². The Bertz CT molecular complexity index is 684. The summed E-state index contributed by atoms with van der Waals surface area (Å²) >= 11 is 3.39. The van der Waals surface area contributed by atoms with Gasteiger partial charge >= 0.3 is 12.0 Å². The number of carboxylic acid groups (broad SMARTS) is 1. The molecule has 0 saturated heterocycles. The Hall–Kier alpha value is -2.34. The number of aryl methyl sites for hydroxylation is 1. The van der Waals surface area contributed by atoms with Crippen LogP contribution in [0.15, 0.2) is 46.9 Å². The number of nitrogens with one attached hydrogen (secondary N) is 2. The third-order valence-corrected chi connectivity index (χ3v) is 3.70. The Kier molecular flexibility index (Phi) is 4.59. The van der Waals surface area contributed by atoms with Crippen LogP contribution in [0.4, 0.5) is 16.2 Å². The minimum atomic E-state index is -1.00. The first-order chi connectivity index (χ1) is 9.95. The van der Waals surface area contributed by atoms with Crippen molar-refractivity contribution >= 4 is 39.3 Å². The molecule has 0 spiro atoms. The highest BCUT2D eigenvalue weighted by Crippen LogP contribution is 2.20. The van der Waals surface area contributed by atoms with E-state index in [1.807, 2.05) is 19.1 Å². The minimum Gasteiger partial charge on any atom is -0.478 e. The smallest absolute Gasteiger partial charge is 0.335 e. The summed E-state index contributed by atoms with van der Waals surface area (Å²) in [6.07, 6.45) is 0. The number of anilines is 2. The van der Waals surface area contributed by atoms with Crippen molar-refractivity contribution in [3.05, 3.63) is 58.1 Å². The van der Waals surface area contributed by atoms with Gasteiger partial charge in [0.2, 0.25) is 0 Å². The monoisotopic (exact) mass is 348 g/mol. The molecule has 108 valence electrons. The normalized spacial score (nSPS) is 10.0. The number of hydrogen-bond donors (Lipinski definition) is 3. The van der Waals surface area contributed by atoms with E-state index in [0.29, 0.717) is 11.4 Å². The number of amides is 2. The second-order valence-electron chi connectivity index (χ2n) is 4.43. The van der Waals surface area contributed by atoms with Crippen LogP contribution >= 0.6 is 15.9 Å². The van der Waals surface area contributed by atoms with Crippen molar-refractivity contribution in [3.63, 3.8) is 0 Å². The van der Waals surface area contributed by atoms with Gasteiger partial charge in [-0.05, 0) is 55.0 Å². The molecule has 0 bridgehead atoms. The Balaban J connectivity index is 2.01. The summed E-state index contributed by atoms with van der Waals surface area (Å²) in [5, 5.41) is 14.1. The van der Waals surface area contributed by atoms with Crippen molar-refractivity contribution in [1.29, 1.82) is 0 Å². The van der Waals surface area contributed by atoms with Crippen molar-refractivity contribution < 1.29 is 14.7 Å². The molecule has 0 unspecified atom stereocenters. The second-order valence-corrected chi connectivity index (χ2v) is 5.28. The van der Waals surface area contributed by atoms with Gasteiger partial charge < -0.3 is 15.7 Å². The highest BCUT2D eigenvalue weighted by molar-refractivity contribution is 9.10. The number of aromatic carboxylic acids is 1.